The Morgan fingerprint density at radius 1 is 1.20 bits per heavy atom. The number of hydrogen-bond donors (Lipinski definition) is 0. The van der Waals surface area contributed by atoms with Crippen molar-refractivity contribution in [3.8, 4) is 11.5 Å². The highest BCUT2D eigenvalue weighted by Crippen LogP contribution is 2.35. The second-order valence-corrected chi connectivity index (χ2v) is 9.25. The number of piperazine rings is 1. The molecule has 140 valence electrons. The predicted molar refractivity (Wildman–Crippen MR) is 98.4 cm³/mol. The van der Waals surface area contributed by atoms with E-state index in [4.69, 9.17) is 21.1 Å². The molecular weight excluding hydrogens is 364 g/mol. The summed E-state index contributed by atoms with van der Waals surface area (Å²) >= 11 is 6.44. The largest absolute Gasteiger partial charge is 0.493 e. The molecule has 2 aliphatic heterocycles. The van der Waals surface area contributed by atoms with Gasteiger partial charge in [-0.15, -0.1) is 0 Å². The van der Waals surface area contributed by atoms with Crippen LogP contribution in [0.25, 0.3) is 0 Å². The molecule has 0 bridgehead atoms. The number of methoxy groups -OCH3 is 1. The number of sulfone groups is 1. The lowest BCUT2D eigenvalue weighted by Crippen LogP contribution is -2.57. The Morgan fingerprint density at radius 3 is 2.60 bits per heavy atom. The van der Waals surface area contributed by atoms with Crippen LogP contribution in [0.15, 0.2) is 12.1 Å². The van der Waals surface area contributed by atoms with Crippen LogP contribution < -0.4 is 9.47 Å². The molecule has 0 saturated carbocycles. The summed E-state index contributed by atoms with van der Waals surface area (Å²) in [7, 11) is 0.603. The van der Waals surface area contributed by atoms with Crippen LogP contribution >= 0.6 is 11.6 Å². The first-order valence-electron chi connectivity index (χ1n) is 8.48. The molecule has 2 heterocycles. The lowest BCUT2D eigenvalue weighted by atomic mass is 10.0. The van der Waals surface area contributed by atoms with Gasteiger partial charge in [0.25, 0.3) is 0 Å². The first-order valence-corrected chi connectivity index (χ1v) is 10.7. The van der Waals surface area contributed by atoms with Gasteiger partial charge in [0, 0.05) is 42.8 Å². The van der Waals surface area contributed by atoms with Crippen LogP contribution in [-0.4, -0.2) is 75.7 Å². The third-order valence-corrected chi connectivity index (χ3v) is 7.13. The third-order valence-electron chi connectivity index (χ3n) is 5.07. The van der Waals surface area contributed by atoms with Gasteiger partial charge in [-0.1, -0.05) is 11.6 Å². The lowest BCUT2D eigenvalue weighted by molar-refractivity contribution is 0.0572. The minimum atomic E-state index is -2.99. The Hall–Kier alpha value is -1.02. The van der Waals surface area contributed by atoms with E-state index in [2.05, 4.69) is 9.80 Å². The summed E-state index contributed by atoms with van der Waals surface area (Å²) in [5, 5.41) is 0.608. The van der Waals surface area contributed by atoms with Crippen molar-refractivity contribution in [2.24, 2.45) is 0 Å². The molecular formula is C17H25ClN2O4S. The maximum Gasteiger partial charge on any atom is 0.162 e. The van der Waals surface area contributed by atoms with Crippen molar-refractivity contribution in [1.29, 1.82) is 0 Å². The first kappa shape index (κ1) is 18.8. The summed E-state index contributed by atoms with van der Waals surface area (Å²) in [6, 6.07) is 3.74. The molecule has 0 radical (unpaired) electrons. The van der Waals surface area contributed by atoms with Gasteiger partial charge in [-0.2, -0.15) is 0 Å². The molecule has 8 heteroatoms. The van der Waals surface area contributed by atoms with Crippen LogP contribution in [0.5, 0.6) is 11.5 Å². The maximum absolute atomic E-state index is 12.1. The number of benzene rings is 1. The summed E-state index contributed by atoms with van der Waals surface area (Å²) in [4.78, 5) is 4.39. The van der Waals surface area contributed by atoms with Crippen LogP contribution in [-0.2, 0) is 16.4 Å². The van der Waals surface area contributed by atoms with Gasteiger partial charge in [0.15, 0.2) is 21.3 Å². The van der Waals surface area contributed by atoms with Crippen LogP contribution in [0.2, 0.25) is 5.02 Å². The van der Waals surface area contributed by atoms with Crippen molar-refractivity contribution in [2.45, 2.75) is 25.6 Å². The standard InChI is InChI=1S/C17H25ClN2O4S/c1-4-24-17-7-12(13(18)8-16(17)23-3)9-20-6-5-19(2)14-10-25(21,22)11-15(14)20/h7-8,14-15H,4-6,9-11H2,1-3H3/t14-,15+/m0/s1. The van der Waals surface area contributed by atoms with Gasteiger partial charge in [-0.25, -0.2) is 8.42 Å². The molecule has 0 spiro atoms. The quantitative estimate of drug-likeness (QED) is 0.764. The van der Waals surface area contributed by atoms with Crippen molar-refractivity contribution in [3.63, 3.8) is 0 Å². The van der Waals surface area contributed by atoms with Crippen LogP contribution in [0.3, 0.4) is 0 Å². The number of halogens is 1. The highest BCUT2D eigenvalue weighted by molar-refractivity contribution is 7.91. The van der Waals surface area contributed by atoms with E-state index in [0.717, 1.165) is 18.7 Å². The van der Waals surface area contributed by atoms with E-state index in [-0.39, 0.29) is 23.6 Å². The Morgan fingerprint density at radius 2 is 1.92 bits per heavy atom. The molecule has 1 aromatic carbocycles. The van der Waals surface area contributed by atoms with E-state index in [1.807, 2.05) is 20.0 Å². The number of fused-ring (bicyclic) bond motifs is 1. The lowest BCUT2D eigenvalue weighted by Gasteiger charge is -2.42. The number of hydrogen-bond acceptors (Lipinski definition) is 6. The van der Waals surface area contributed by atoms with E-state index in [1.165, 1.54) is 0 Å². The van der Waals surface area contributed by atoms with Crippen molar-refractivity contribution in [3.05, 3.63) is 22.7 Å². The van der Waals surface area contributed by atoms with Gasteiger partial charge in [0.05, 0.1) is 25.2 Å². The molecule has 6 nitrogen and oxygen atoms in total. The highest BCUT2D eigenvalue weighted by Gasteiger charge is 2.45. The molecule has 0 N–H and O–H groups in total. The van der Waals surface area contributed by atoms with E-state index in [1.54, 1.807) is 13.2 Å². The number of nitrogens with zero attached hydrogens (tertiary/aromatic N) is 2. The van der Waals surface area contributed by atoms with Crippen LogP contribution in [0.1, 0.15) is 12.5 Å². The van der Waals surface area contributed by atoms with E-state index >= 15 is 0 Å². The zero-order chi connectivity index (χ0) is 18.2. The Balaban J connectivity index is 1.85. The fourth-order valence-electron chi connectivity index (χ4n) is 3.74. The van der Waals surface area contributed by atoms with Gasteiger partial charge < -0.3 is 9.47 Å². The Kier molecular flexibility index (Phi) is 5.48. The minimum absolute atomic E-state index is 0.0115. The van der Waals surface area contributed by atoms with Crippen molar-refractivity contribution < 1.29 is 17.9 Å². The van der Waals surface area contributed by atoms with Crippen molar-refractivity contribution in [2.75, 3.05) is 45.4 Å². The van der Waals surface area contributed by atoms with Gasteiger partial charge >= 0.3 is 0 Å². The molecule has 25 heavy (non-hydrogen) atoms. The molecule has 2 fully saturated rings. The number of likely N-dealkylation sites (N-methyl/N-ethyl adjacent to an activating group) is 1. The predicted octanol–water partition coefficient (Wildman–Crippen LogP) is 1.66. The molecule has 0 unspecified atom stereocenters. The van der Waals surface area contributed by atoms with Crippen LogP contribution in [0.4, 0.5) is 0 Å². The fourth-order valence-corrected chi connectivity index (χ4v) is 6.04. The zero-order valence-corrected chi connectivity index (χ0v) is 16.4. The van der Waals surface area contributed by atoms with Gasteiger partial charge in [-0.05, 0) is 25.6 Å². The molecule has 0 aliphatic carbocycles. The maximum atomic E-state index is 12.1. The van der Waals surface area contributed by atoms with Gasteiger partial charge in [0.1, 0.15) is 0 Å². The van der Waals surface area contributed by atoms with Crippen molar-refractivity contribution in [1.82, 2.24) is 9.80 Å². The number of rotatable bonds is 5. The Bertz CT molecular complexity index is 740. The van der Waals surface area contributed by atoms with E-state index in [9.17, 15) is 8.42 Å². The normalized spacial score (nSPS) is 26.4. The average Bonchev–Trinajstić information content (AvgIpc) is 2.89. The fraction of sp³-hybridized carbons (Fsp3) is 0.647. The summed E-state index contributed by atoms with van der Waals surface area (Å²) in [6.07, 6.45) is 0. The van der Waals surface area contributed by atoms with E-state index < -0.39 is 9.84 Å². The summed E-state index contributed by atoms with van der Waals surface area (Å²) in [5.41, 5.74) is 0.929. The molecule has 2 atom stereocenters. The molecule has 0 aromatic heterocycles. The average molecular weight is 389 g/mol. The van der Waals surface area contributed by atoms with Gasteiger partial charge in [0.2, 0.25) is 0 Å². The highest BCUT2D eigenvalue weighted by atomic mass is 35.5. The zero-order valence-electron chi connectivity index (χ0n) is 14.9. The first-order chi connectivity index (χ1) is 11.8. The molecule has 0 amide bonds. The molecule has 1 aromatic rings. The van der Waals surface area contributed by atoms with E-state index in [0.29, 0.717) is 29.7 Å². The topological polar surface area (TPSA) is 59.1 Å². The number of ether oxygens (including phenoxy) is 2. The molecule has 2 saturated heterocycles. The van der Waals surface area contributed by atoms with Gasteiger partial charge in [-0.3, -0.25) is 9.80 Å². The summed E-state index contributed by atoms with van der Waals surface area (Å²) < 4.78 is 35.2. The van der Waals surface area contributed by atoms with Crippen molar-refractivity contribution >= 4 is 21.4 Å². The second kappa shape index (κ2) is 7.31. The summed E-state index contributed by atoms with van der Waals surface area (Å²) in [6.45, 7) is 4.73. The Labute approximate surface area is 154 Å². The second-order valence-electron chi connectivity index (χ2n) is 6.69. The SMILES string of the molecule is CCOc1cc(CN2CCN(C)[C@H]3CS(=O)(=O)C[C@H]32)c(Cl)cc1OC. The monoisotopic (exact) mass is 388 g/mol. The molecule has 3 rings (SSSR count). The summed E-state index contributed by atoms with van der Waals surface area (Å²) in [5.74, 6) is 1.73. The molecule has 2 aliphatic rings. The minimum Gasteiger partial charge on any atom is -0.493 e. The third kappa shape index (κ3) is 3.89. The van der Waals surface area contributed by atoms with Crippen LogP contribution in [0, 0.1) is 0 Å². The smallest absolute Gasteiger partial charge is 0.162 e.